The van der Waals surface area contributed by atoms with E-state index in [9.17, 15) is 18.0 Å². The maximum atomic E-state index is 12.7. The van der Waals surface area contributed by atoms with Crippen molar-refractivity contribution in [1.29, 1.82) is 0 Å². The number of carbonyl (C=O) groups is 2. The summed E-state index contributed by atoms with van der Waals surface area (Å²) in [6, 6.07) is 9.99. The van der Waals surface area contributed by atoms with Gasteiger partial charge in [-0.25, -0.2) is 8.42 Å². The van der Waals surface area contributed by atoms with Gasteiger partial charge in [0.25, 0.3) is 0 Å². The summed E-state index contributed by atoms with van der Waals surface area (Å²) in [5, 5.41) is 2.86. The third kappa shape index (κ3) is 4.22. The molecule has 0 spiro atoms. The first-order valence-corrected chi connectivity index (χ1v) is 11.5. The molecule has 0 bridgehead atoms. The van der Waals surface area contributed by atoms with Crippen molar-refractivity contribution in [2.45, 2.75) is 30.7 Å². The van der Waals surface area contributed by atoms with Crippen LogP contribution < -0.4 is 10.2 Å². The molecule has 2 aliphatic heterocycles. The Kier molecular flexibility index (Phi) is 5.83. The first-order chi connectivity index (χ1) is 14.4. The summed E-state index contributed by atoms with van der Waals surface area (Å²) in [5.41, 5.74) is 1.54. The zero-order valence-corrected chi connectivity index (χ0v) is 17.3. The fourth-order valence-corrected chi connectivity index (χ4v) is 5.36. The van der Waals surface area contributed by atoms with Gasteiger partial charge in [0.1, 0.15) is 0 Å². The topological polar surface area (TPSA) is 99.7 Å². The van der Waals surface area contributed by atoms with Crippen LogP contribution in [-0.4, -0.2) is 49.2 Å². The van der Waals surface area contributed by atoms with Crippen LogP contribution in [0.5, 0.6) is 0 Å². The summed E-state index contributed by atoms with van der Waals surface area (Å²) >= 11 is 0. The summed E-state index contributed by atoms with van der Waals surface area (Å²) in [5.74, 6) is -0.752. The summed E-state index contributed by atoms with van der Waals surface area (Å²) < 4.78 is 26.8. The van der Waals surface area contributed by atoms with Crippen LogP contribution in [0.3, 0.4) is 0 Å². The Bertz CT molecular complexity index is 1020. The fourth-order valence-electron chi connectivity index (χ4n) is 3.84. The van der Waals surface area contributed by atoms with Crippen LogP contribution in [0.25, 0.3) is 0 Å². The highest BCUT2D eigenvalue weighted by Gasteiger charge is 2.35. The molecule has 30 heavy (non-hydrogen) atoms. The van der Waals surface area contributed by atoms with Gasteiger partial charge >= 0.3 is 0 Å². The second-order valence-electron chi connectivity index (χ2n) is 7.58. The maximum Gasteiger partial charge on any atom is 0.243 e. The number of anilines is 1. The lowest BCUT2D eigenvalue weighted by atomic mass is 10.1. The highest BCUT2D eigenvalue weighted by Crippen LogP contribution is 2.28. The lowest BCUT2D eigenvalue weighted by Crippen LogP contribution is -2.32. The molecule has 1 aromatic heterocycles. The number of pyridine rings is 1. The molecule has 0 radical (unpaired) electrons. The van der Waals surface area contributed by atoms with E-state index >= 15 is 0 Å². The molecule has 8 nitrogen and oxygen atoms in total. The summed E-state index contributed by atoms with van der Waals surface area (Å²) in [6.45, 7) is 1.75. The number of benzene rings is 1. The van der Waals surface area contributed by atoms with Crippen LogP contribution in [0.2, 0.25) is 0 Å². The number of nitrogens with zero attached hydrogens (tertiary/aromatic N) is 3. The van der Waals surface area contributed by atoms with Crippen LogP contribution in [-0.2, 0) is 26.2 Å². The second kappa shape index (κ2) is 8.53. The van der Waals surface area contributed by atoms with E-state index < -0.39 is 15.9 Å². The van der Waals surface area contributed by atoms with E-state index in [1.54, 1.807) is 29.4 Å². The van der Waals surface area contributed by atoms with Gasteiger partial charge in [0.2, 0.25) is 21.8 Å². The number of sulfonamides is 1. The molecule has 2 fully saturated rings. The van der Waals surface area contributed by atoms with E-state index in [1.807, 2.05) is 12.1 Å². The molecule has 1 unspecified atom stereocenters. The number of hydrogen-bond acceptors (Lipinski definition) is 5. The minimum Gasteiger partial charge on any atom is -0.352 e. The van der Waals surface area contributed by atoms with Crippen LogP contribution in [0.15, 0.2) is 53.7 Å². The van der Waals surface area contributed by atoms with Gasteiger partial charge < -0.3 is 10.2 Å². The van der Waals surface area contributed by atoms with E-state index in [4.69, 9.17) is 0 Å². The Morgan fingerprint density at radius 2 is 1.73 bits per heavy atom. The van der Waals surface area contributed by atoms with Gasteiger partial charge in [-0.2, -0.15) is 4.31 Å². The molecule has 3 heterocycles. The van der Waals surface area contributed by atoms with Crippen molar-refractivity contribution in [3.63, 3.8) is 0 Å². The van der Waals surface area contributed by atoms with E-state index in [-0.39, 0.29) is 29.7 Å². The number of amides is 2. The number of rotatable bonds is 6. The zero-order valence-electron chi connectivity index (χ0n) is 16.5. The van der Waals surface area contributed by atoms with E-state index in [2.05, 4.69) is 10.3 Å². The van der Waals surface area contributed by atoms with Gasteiger partial charge in [0, 0.05) is 50.7 Å². The molecule has 2 aliphatic rings. The second-order valence-corrected chi connectivity index (χ2v) is 9.52. The minimum atomic E-state index is -3.49. The monoisotopic (exact) mass is 428 g/mol. The SMILES string of the molecule is O=C(NCc1ccncc1)C1CC(=O)N(c2ccc(S(=O)(=O)N3CCCC3)cc2)C1. The largest absolute Gasteiger partial charge is 0.352 e. The number of aromatic nitrogens is 1. The first-order valence-electron chi connectivity index (χ1n) is 10.0. The Balaban J connectivity index is 1.39. The zero-order chi connectivity index (χ0) is 21.1. The predicted molar refractivity (Wildman–Crippen MR) is 111 cm³/mol. The number of hydrogen-bond donors (Lipinski definition) is 1. The lowest BCUT2D eigenvalue weighted by molar-refractivity contribution is -0.126. The molecule has 1 atom stereocenters. The van der Waals surface area contributed by atoms with E-state index in [0.29, 0.717) is 25.3 Å². The molecular weight excluding hydrogens is 404 g/mol. The third-order valence-electron chi connectivity index (χ3n) is 5.56. The fraction of sp³-hybridized carbons (Fsp3) is 0.381. The van der Waals surface area contributed by atoms with Gasteiger partial charge in [0.15, 0.2) is 0 Å². The van der Waals surface area contributed by atoms with Crippen LogP contribution >= 0.6 is 0 Å². The quantitative estimate of drug-likeness (QED) is 0.752. The normalized spacial score (nSPS) is 19.9. The molecule has 4 rings (SSSR count). The molecule has 2 aromatic rings. The molecule has 2 saturated heterocycles. The Morgan fingerprint density at radius 1 is 1.07 bits per heavy atom. The first kappa shape index (κ1) is 20.5. The maximum absolute atomic E-state index is 12.7. The number of nitrogens with one attached hydrogen (secondary N) is 1. The van der Waals surface area contributed by atoms with Crippen molar-refractivity contribution >= 4 is 27.5 Å². The van der Waals surface area contributed by atoms with Crippen molar-refractivity contribution in [3.05, 3.63) is 54.4 Å². The Morgan fingerprint density at radius 3 is 2.40 bits per heavy atom. The molecule has 9 heteroatoms. The molecule has 0 aliphatic carbocycles. The average molecular weight is 429 g/mol. The summed E-state index contributed by atoms with van der Waals surface area (Å²) in [6.07, 6.45) is 5.22. The van der Waals surface area contributed by atoms with Gasteiger partial charge in [-0.1, -0.05) is 0 Å². The van der Waals surface area contributed by atoms with Gasteiger partial charge in [-0.05, 0) is 54.8 Å². The molecule has 1 N–H and O–H groups in total. The molecular formula is C21H24N4O4S. The van der Waals surface area contributed by atoms with Crippen LogP contribution in [0.1, 0.15) is 24.8 Å². The van der Waals surface area contributed by atoms with E-state index in [1.165, 1.54) is 16.4 Å². The number of carbonyl (C=O) groups excluding carboxylic acids is 2. The highest BCUT2D eigenvalue weighted by molar-refractivity contribution is 7.89. The predicted octanol–water partition coefficient (Wildman–Crippen LogP) is 1.54. The summed E-state index contributed by atoms with van der Waals surface area (Å²) in [7, 11) is -3.49. The molecule has 1 aromatic carbocycles. The van der Waals surface area contributed by atoms with Crippen molar-refractivity contribution in [2.75, 3.05) is 24.5 Å². The van der Waals surface area contributed by atoms with Crippen LogP contribution in [0.4, 0.5) is 5.69 Å². The minimum absolute atomic E-state index is 0.135. The van der Waals surface area contributed by atoms with Gasteiger partial charge in [-0.3, -0.25) is 14.6 Å². The standard InChI is InChI=1S/C21H24N4O4S/c26-20-13-17(21(27)23-14-16-7-9-22-10-8-16)15-25(20)18-3-5-19(6-4-18)30(28,29)24-11-1-2-12-24/h3-10,17H,1-2,11-15H2,(H,23,27). The molecule has 2 amide bonds. The van der Waals surface area contributed by atoms with Crippen molar-refractivity contribution in [2.24, 2.45) is 5.92 Å². The third-order valence-corrected chi connectivity index (χ3v) is 7.48. The van der Waals surface area contributed by atoms with Crippen LogP contribution in [0, 0.1) is 5.92 Å². The van der Waals surface area contributed by atoms with E-state index in [0.717, 1.165) is 18.4 Å². The molecule has 0 saturated carbocycles. The van der Waals surface area contributed by atoms with Crippen molar-refractivity contribution < 1.29 is 18.0 Å². The Hall–Kier alpha value is -2.78. The van der Waals surface area contributed by atoms with Gasteiger partial charge in [-0.15, -0.1) is 0 Å². The van der Waals surface area contributed by atoms with Gasteiger partial charge in [0.05, 0.1) is 10.8 Å². The average Bonchev–Trinajstić information content (AvgIpc) is 3.43. The smallest absolute Gasteiger partial charge is 0.243 e. The van der Waals surface area contributed by atoms with Crippen molar-refractivity contribution in [1.82, 2.24) is 14.6 Å². The summed E-state index contributed by atoms with van der Waals surface area (Å²) in [4.78, 5) is 30.7. The molecule has 158 valence electrons. The highest BCUT2D eigenvalue weighted by atomic mass is 32.2. The lowest BCUT2D eigenvalue weighted by Gasteiger charge is -2.19. The Labute approximate surface area is 175 Å². The van der Waals surface area contributed by atoms with Crippen molar-refractivity contribution in [3.8, 4) is 0 Å².